The highest BCUT2D eigenvalue weighted by Gasteiger charge is 2.45. The number of thioether (sulfide) groups is 2. The predicted octanol–water partition coefficient (Wildman–Crippen LogP) is 5.37. The minimum atomic E-state index is -0.129. The van der Waals surface area contributed by atoms with Gasteiger partial charge in [-0.05, 0) is 37.8 Å². The van der Waals surface area contributed by atoms with Crippen LogP contribution in [0, 0.1) is 6.92 Å². The van der Waals surface area contributed by atoms with Crippen molar-refractivity contribution in [3.8, 4) is 0 Å². The Morgan fingerprint density at radius 3 is 2.80 bits per heavy atom. The number of benzene rings is 1. The molecule has 1 aliphatic heterocycles. The molecular formula is C20H23NO2S2. The summed E-state index contributed by atoms with van der Waals surface area (Å²) in [6.07, 6.45) is 4.15. The SMILES string of the molecule is CCc1ccccc1NC(=O)c1oc2c(c1C)C1(CCC2)SCCS1. The fourth-order valence-electron chi connectivity index (χ4n) is 3.94. The largest absolute Gasteiger partial charge is 0.455 e. The first kappa shape index (κ1) is 17.1. The van der Waals surface area contributed by atoms with Crippen LogP contribution < -0.4 is 5.32 Å². The summed E-state index contributed by atoms with van der Waals surface area (Å²) < 4.78 is 6.20. The van der Waals surface area contributed by atoms with E-state index >= 15 is 0 Å². The van der Waals surface area contributed by atoms with Gasteiger partial charge in [0, 0.05) is 34.7 Å². The van der Waals surface area contributed by atoms with Crippen LogP contribution in [0.25, 0.3) is 0 Å². The smallest absolute Gasteiger partial charge is 0.291 e. The normalized spacial score (nSPS) is 18.3. The van der Waals surface area contributed by atoms with Gasteiger partial charge >= 0.3 is 0 Å². The summed E-state index contributed by atoms with van der Waals surface area (Å²) in [6.45, 7) is 4.15. The molecule has 2 aromatic rings. The van der Waals surface area contributed by atoms with E-state index in [-0.39, 0.29) is 9.99 Å². The number of anilines is 1. The molecule has 0 saturated carbocycles. The number of hydrogen-bond donors (Lipinski definition) is 1. The lowest BCUT2D eigenvalue weighted by Crippen LogP contribution is -2.21. The van der Waals surface area contributed by atoms with E-state index < -0.39 is 0 Å². The van der Waals surface area contributed by atoms with Crippen LogP contribution in [0.2, 0.25) is 0 Å². The van der Waals surface area contributed by atoms with Gasteiger partial charge in [-0.25, -0.2) is 0 Å². The number of amides is 1. The third-order valence-electron chi connectivity index (χ3n) is 5.12. The van der Waals surface area contributed by atoms with Crippen LogP contribution in [0.5, 0.6) is 0 Å². The summed E-state index contributed by atoms with van der Waals surface area (Å²) >= 11 is 4.06. The third-order valence-corrected chi connectivity index (χ3v) is 8.65. The second-order valence-corrected chi connectivity index (χ2v) is 9.67. The Bertz CT molecular complexity index is 806. The molecule has 0 bridgehead atoms. The zero-order valence-corrected chi connectivity index (χ0v) is 16.3. The van der Waals surface area contributed by atoms with Crippen molar-refractivity contribution in [3.63, 3.8) is 0 Å². The van der Waals surface area contributed by atoms with Crippen molar-refractivity contribution in [2.75, 3.05) is 16.8 Å². The summed E-state index contributed by atoms with van der Waals surface area (Å²) in [5.41, 5.74) is 4.34. The van der Waals surface area contributed by atoms with E-state index in [9.17, 15) is 4.79 Å². The lowest BCUT2D eigenvalue weighted by Gasteiger charge is -2.31. The quantitative estimate of drug-likeness (QED) is 0.785. The van der Waals surface area contributed by atoms with E-state index in [0.717, 1.165) is 41.8 Å². The molecule has 1 amide bonds. The number of hydrogen-bond acceptors (Lipinski definition) is 4. The van der Waals surface area contributed by atoms with Crippen molar-refractivity contribution in [1.82, 2.24) is 0 Å². The molecule has 1 aromatic heterocycles. The van der Waals surface area contributed by atoms with Crippen LogP contribution in [0.1, 0.15) is 52.8 Å². The molecular weight excluding hydrogens is 350 g/mol. The molecule has 1 fully saturated rings. The van der Waals surface area contributed by atoms with Crippen LogP contribution in [0.3, 0.4) is 0 Å². The minimum absolute atomic E-state index is 0.112. The molecule has 2 heterocycles. The highest BCUT2D eigenvalue weighted by atomic mass is 32.2. The molecule has 1 N–H and O–H groups in total. The van der Waals surface area contributed by atoms with Crippen molar-refractivity contribution in [2.24, 2.45) is 0 Å². The maximum atomic E-state index is 12.9. The van der Waals surface area contributed by atoms with Gasteiger partial charge < -0.3 is 9.73 Å². The maximum absolute atomic E-state index is 12.9. The van der Waals surface area contributed by atoms with Crippen molar-refractivity contribution < 1.29 is 9.21 Å². The fraction of sp³-hybridized carbons (Fsp3) is 0.450. The zero-order chi connectivity index (χ0) is 17.4. The Hall–Kier alpha value is -1.33. The molecule has 1 aromatic carbocycles. The van der Waals surface area contributed by atoms with Gasteiger partial charge in [-0.1, -0.05) is 25.1 Å². The van der Waals surface area contributed by atoms with Crippen LogP contribution in [-0.4, -0.2) is 17.4 Å². The second-order valence-electron chi connectivity index (χ2n) is 6.62. The predicted molar refractivity (Wildman–Crippen MR) is 107 cm³/mol. The number of nitrogens with one attached hydrogen (secondary N) is 1. The van der Waals surface area contributed by atoms with Gasteiger partial charge in [-0.2, -0.15) is 0 Å². The highest BCUT2D eigenvalue weighted by molar-refractivity contribution is 8.20. The van der Waals surface area contributed by atoms with Gasteiger partial charge in [0.05, 0.1) is 4.08 Å². The van der Waals surface area contributed by atoms with Crippen LogP contribution >= 0.6 is 23.5 Å². The fourth-order valence-corrected chi connectivity index (χ4v) is 7.50. The summed E-state index contributed by atoms with van der Waals surface area (Å²) in [4.78, 5) is 12.9. The molecule has 0 radical (unpaired) electrons. The number of rotatable bonds is 3. The van der Waals surface area contributed by atoms with Gasteiger partial charge in [0.15, 0.2) is 5.76 Å². The highest BCUT2D eigenvalue weighted by Crippen LogP contribution is 2.59. The first-order valence-corrected chi connectivity index (χ1v) is 10.9. The molecule has 0 atom stereocenters. The molecule has 1 saturated heterocycles. The molecule has 3 nitrogen and oxygen atoms in total. The summed E-state index contributed by atoms with van der Waals surface area (Å²) in [7, 11) is 0. The average molecular weight is 374 g/mol. The zero-order valence-electron chi connectivity index (χ0n) is 14.7. The van der Waals surface area contributed by atoms with Crippen LogP contribution in [0.15, 0.2) is 28.7 Å². The average Bonchev–Trinajstić information content (AvgIpc) is 3.21. The van der Waals surface area contributed by atoms with Crippen molar-refractivity contribution in [2.45, 2.75) is 43.6 Å². The summed E-state index contributed by atoms with van der Waals surface area (Å²) in [6, 6.07) is 7.97. The van der Waals surface area contributed by atoms with Crippen LogP contribution in [-0.2, 0) is 16.9 Å². The second kappa shape index (κ2) is 6.76. The van der Waals surface area contributed by atoms with Crippen molar-refractivity contribution in [1.29, 1.82) is 0 Å². The molecule has 25 heavy (non-hydrogen) atoms. The summed E-state index contributed by atoms with van der Waals surface area (Å²) in [5, 5.41) is 3.06. The Morgan fingerprint density at radius 2 is 2.04 bits per heavy atom. The van der Waals surface area contributed by atoms with E-state index in [1.807, 2.05) is 41.7 Å². The Kier molecular flexibility index (Phi) is 4.63. The number of aryl methyl sites for hydroxylation is 2. The number of carbonyl (C=O) groups is 1. The molecule has 0 unspecified atom stereocenters. The first-order chi connectivity index (χ1) is 12.1. The molecule has 132 valence electrons. The van der Waals surface area contributed by atoms with Gasteiger partial charge in [-0.3, -0.25) is 4.79 Å². The van der Waals surface area contributed by atoms with Crippen LogP contribution in [0.4, 0.5) is 5.69 Å². The minimum Gasteiger partial charge on any atom is -0.455 e. The lowest BCUT2D eigenvalue weighted by atomic mass is 9.94. The van der Waals surface area contributed by atoms with Crippen molar-refractivity contribution in [3.05, 3.63) is 52.5 Å². The monoisotopic (exact) mass is 373 g/mol. The van der Waals surface area contributed by atoms with Crippen molar-refractivity contribution >= 4 is 35.1 Å². The maximum Gasteiger partial charge on any atom is 0.291 e. The number of furan rings is 1. The number of carbonyl (C=O) groups excluding carboxylic acids is 1. The van der Waals surface area contributed by atoms with E-state index in [4.69, 9.17) is 4.42 Å². The molecule has 4 rings (SSSR count). The number of fused-ring (bicyclic) bond motifs is 2. The van der Waals surface area contributed by atoms with E-state index in [0.29, 0.717) is 5.76 Å². The summed E-state index contributed by atoms with van der Waals surface area (Å²) in [5.74, 6) is 3.75. The van der Waals surface area contributed by atoms with E-state index in [1.54, 1.807) is 0 Å². The van der Waals surface area contributed by atoms with Gasteiger partial charge in [0.2, 0.25) is 0 Å². The van der Waals surface area contributed by atoms with Gasteiger partial charge in [0.1, 0.15) is 5.76 Å². The van der Waals surface area contributed by atoms with E-state index in [2.05, 4.69) is 25.2 Å². The van der Waals surface area contributed by atoms with Gasteiger partial charge in [-0.15, -0.1) is 23.5 Å². The standard InChI is InChI=1S/C20H23NO2S2/c1-3-14-7-4-5-8-15(14)21-19(22)18-13(2)17-16(23-18)9-6-10-20(17)24-11-12-25-20/h4-5,7-8H,3,6,9-12H2,1-2H3,(H,21,22). The Morgan fingerprint density at radius 1 is 1.28 bits per heavy atom. The molecule has 1 spiro atoms. The van der Waals surface area contributed by atoms with E-state index in [1.165, 1.54) is 23.5 Å². The Balaban J connectivity index is 1.68. The molecule has 2 aliphatic rings. The topological polar surface area (TPSA) is 42.2 Å². The third kappa shape index (κ3) is 2.91. The molecule has 5 heteroatoms. The number of para-hydroxylation sites is 1. The Labute approximate surface area is 157 Å². The molecule has 1 aliphatic carbocycles. The first-order valence-electron chi connectivity index (χ1n) is 8.94. The van der Waals surface area contributed by atoms with Gasteiger partial charge in [0.25, 0.3) is 5.91 Å². The lowest BCUT2D eigenvalue weighted by molar-refractivity contribution is 0.0994.